The summed E-state index contributed by atoms with van der Waals surface area (Å²) < 4.78 is 0. The number of nitrogen functional groups attached to an aromatic ring is 1. The summed E-state index contributed by atoms with van der Waals surface area (Å²) in [5.41, 5.74) is 6.95. The lowest BCUT2D eigenvalue weighted by molar-refractivity contribution is 0.237. The van der Waals surface area contributed by atoms with Crippen LogP contribution in [0.15, 0.2) is 6.33 Å². The molecule has 0 atom stereocenters. The Bertz CT molecular complexity index is 492. The average molecular weight is 332 g/mol. The molecule has 24 heavy (non-hydrogen) atoms. The van der Waals surface area contributed by atoms with Crippen molar-refractivity contribution in [1.82, 2.24) is 14.9 Å². The molecule has 0 bridgehead atoms. The third-order valence-corrected chi connectivity index (χ3v) is 5.25. The van der Waals surface area contributed by atoms with E-state index in [4.69, 9.17) is 5.73 Å². The minimum Gasteiger partial charge on any atom is -0.393 e. The maximum Gasteiger partial charge on any atom is 0.155 e. The van der Waals surface area contributed by atoms with E-state index in [1.165, 1.54) is 70.9 Å². The second-order valence-corrected chi connectivity index (χ2v) is 7.15. The molecule has 1 aromatic rings. The molecular formula is C18H32N6. The molecule has 0 aromatic carbocycles. The lowest BCUT2D eigenvalue weighted by atomic mass is 10.1. The Kier molecular flexibility index (Phi) is 6.52. The Morgan fingerprint density at radius 2 is 1.62 bits per heavy atom. The van der Waals surface area contributed by atoms with Crippen LogP contribution in [0.2, 0.25) is 0 Å². The van der Waals surface area contributed by atoms with Crippen LogP contribution in [0.1, 0.15) is 57.8 Å². The monoisotopic (exact) mass is 332 g/mol. The van der Waals surface area contributed by atoms with Crippen molar-refractivity contribution in [3.8, 4) is 0 Å². The number of hydrogen-bond acceptors (Lipinski definition) is 6. The van der Waals surface area contributed by atoms with Crippen LogP contribution in [-0.2, 0) is 0 Å². The SMILES string of the molecule is Nc1c(NCCN2CCCCC2)ncnc1NC1CCCCCC1. The van der Waals surface area contributed by atoms with E-state index in [1.807, 2.05) is 0 Å². The molecule has 0 spiro atoms. The van der Waals surface area contributed by atoms with Crippen LogP contribution in [0, 0.1) is 0 Å². The highest BCUT2D eigenvalue weighted by Crippen LogP contribution is 2.26. The number of piperidine rings is 1. The number of nitrogens with zero attached hydrogens (tertiary/aromatic N) is 3. The molecular weight excluding hydrogens is 300 g/mol. The van der Waals surface area contributed by atoms with Gasteiger partial charge in [-0.1, -0.05) is 32.1 Å². The number of hydrogen-bond donors (Lipinski definition) is 3. The number of aromatic nitrogens is 2. The van der Waals surface area contributed by atoms with Crippen molar-refractivity contribution >= 4 is 17.3 Å². The number of nitrogens with two attached hydrogens (primary N) is 1. The predicted molar refractivity (Wildman–Crippen MR) is 100 cm³/mol. The largest absolute Gasteiger partial charge is 0.393 e. The van der Waals surface area contributed by atoms with Crippen molar-refractivity contribution in [2.75, 3.05) is 42.5 Å². The molecule has 2 fully saturated rings. The number of likely N-dealkylation sites (tertiary alicyclic amines) is 1. The average Bonchev–Trinajstić information content (AvgIpc) is 2.88. The topological polar surface area (TPSA) is 79.1 Å². The maximum absolute atomic E-state index is 6.30. The van der Waals surface area contributed by atoms with E-state index in [0.29, 0.717) is 11.7 Å². The molecule has 2 aliphatic rings. The van der Waals surface area contributed by atoms with Gasteiger partial charge in [-0.3, -0.25) is 0 Å². The van der Waals surface area contributed by atoms with E-state index in [1.54, 1.807) is 6.33 Å². The Hall–Kier alpha value is -1.56. The first-order valence-corrected chi connectivity index (χ1v) is 9.66. The van der Waals surface area contributed by atoms with Crippen molar-refractivity contribution in [2.24, 2.45) is 0 Å². The quantitative estimate of drug-likeness (QED) is 0.695. The van der Waals surface area contributed by atoms with Gasteiger partial charge in [0.2, 0.25) is 0 Å². The van der Waals surface area contributed by atoms with E-state index >= 15 is 0 Å². The van der Waals surface area contributed by atoms with Crippen LogP contribution in [0.3, 0.4) is 0 Å². The van der Waals surface area contributed by atoms with Gasteiger partial charge in [0.15, 0.2) is 11.6 Å². The molecule has 3 rings (SSSR count). The van der Waals surface area contributed by atoms with E-state index in [-0.39, 0.29) is 0 Å². The minimum absolute atomic E-state index is 0.492. The van der Waals surface area contributed by atoms with Gasteiger partial charge in [-0.05, 0) is 38.8 Å². The summed E-state index contributed by atoms with van der Waals surface area (Å²) in [6.07, 6.45) is 13.3. The summed E-state index contributed by atoms with van der Waals surface area (Å²) in [5.74, 6) is 1.55. The van der Waals surface area contributed by atoms with Crippen LogP contribution in [0.4, 0.5) is 17.3 Å². The summed E-state index contributed by atoms with van der Waals surface area (Å²) in [6, 6.07) is 0.492. The van der Waals surface area contributed by atoms with Gasteiger partial charge < -0.3 is 21.3 Å². The van der Waals surface area contributed by atoms with E-state index in [0.717, 1.165) is 24.7 Å². The number of nitrogens with one attached hydrogen (secondary N) is 2. The molecule has 0 radical (unpaired) electrons. The number of rotatable bonds is 6. The van der Waals surface area contributed by atoms with Gasteiger partial charge >= 0.3 is 0 Å². The highest BCUT2D eigenvalue weighted by Gasteiger charge is 2.16. The van der Waals surface area contributed by atoms with Gasteiger partial charge in [-0.15, -0.1) is 0 Å². The molecule has 1 saturated carbocycles. The molecule has 134 valence electrons. The van der Waals surface area contributed by atoms with E-state index in [2.05, 4.69) is 25.5 Å². The molecule has 2 heterocycles. The summed E-state index contributed by atoms with van der Waals surface area (Å²) in [5, 5.41) is 6.94. The maximum atomic E-state index is 6.30. The lowest BCUT2D eigenvalue weighted by Gasteiger charge is -2.26. The Balaban J connectivity index is 1.52. The third-order valence-electron chi connectivity index (χ3n) is 5.25. The normalized spacial score (nSPS) is 20.5. The molecule has 1 saturated heterocycles. The minimum atomic E-state index is 0.492. The summed E-state index contributed by atoms with van der Waals surface area (Å²) in [7, 11) is 0. The van der Waals surface area contributed by atoms with E-state index < -0.39 is 0 Å². The van der Waals surface area contributed by atoms with Crippen LogP contribution in [0.25, 0.3) is 0 Å². The molecule has 1 aliphatic heterocycles. The van der Waals surface area contributed by atoms with Gasteiger partial charge in [0.05, 0.1) is 0 Å². The molecule has 4 N–H and O–H groups in total. The van der Waals surface area contributed by atoms with Crippen molar-refractivity contribution in [1.29, 1.82) is 0 Å². The summed E-state index contributed by atoms with van der Waals surface area (Å²) in [4.78, 5) is 11.2. The van der Waals surface area contributed by atoms with Gasteiger partial charge in [-0.25, -0.2) is 9.97 Å². The second-order valence-electron chi connectivity index (χ2n) is 7.15. The predicted octanol–water partition coefficient (Wildman–Crippen LogP) is 3.09. The first-order chi connectivity index (χ1) is 11.8. The van der Waals surface area contributed by atoms with Crippen molar-refractivity contribution in [2.45, 2.75) is 63.8 Å². The van der Waals surface area contributed by atoms with Crippen molar-refractivity contribution < 1.29 is 0 Å². The zero-order valence-corrected chi connectivity index (χ0v) is 14.8. The fourth-order valence-electron chi connectivity index (χ4n) is 3.78. The first-order valence-electron chi connectivity index (χ1n) is 9.66. The van der Waals surface area contributed by atoms with Gasteiger partial charge in [0.1, 0.15) is 12.0 Å². The number of anilines is 3. The molecule has 6 heteroatoms. The van der Waals surface area contributed by atoms with Crippen molar-refractivity contribution in [3.05, 3.63) is 6.33 Å². The zero-order valence-electron chi connectivity index (χ0n) is 14.8. The highest BCUT2D eigenvalue weighted by atomic mass is 15.2. The standard InChI is InChI=1S/C18H32N6/c19-16-17(20-10-13-24-11-6-3-7-12-24)21-14-22-18(16)23-15-8-4-1-2-5-9-15/h14-15H,1-13,19H2,(H2,20,21,22,23). The summed E-state index contributed by atoms with van der Waals surface area (Å²) >= 11 is 0. The van der Waals surface area contributed by atoms with Crippen LogP contribution in [-0.4, -0.2) is 47.1 Å². The lowest BCUT2D eigenvalue weighted by Crippen LogP contribution is -2.33. The van der Waals surface area contributed by atoms with Gasteiger partial charge in [-0.2, -0.15) is 0 Å². The highest BCUT2D eigenvalue weighted by molar-refractivity contribution is 5.74. The van der Waals surface area contributed by atoms with Crippen molar-refractivity contribution in [3.63, 3.8) is 0 Å². The zero-order chi connectivity index (χ0) is 16.6. The first kappa shape index (κ1) is 17.3. The van der Waals surface area contributed by atoms with Crippen LogP contribution >= 0.6 is 0 Å². The molecule has 0 amide bonds. The molecule has 1 aromatic heterocycles. The second kappa shape index (κ2) is 9.06. The molecule has 0 unspecified atom stereocenters. The van der Waals surface area contributed by atoms with Gasteiger partial charge in [0, 0.05) is 19.1 Å². The Morgan fingerprint density at radius 1 is 0.958 bits per heavy atom. The fourth-order valence-corrected chi connectivity index (χ4v) is 3.78. The van der Waals surface area contributed by atoms with E-state index in [9.17, 15) is 0 Å². The van der Waals surface area contributed by atoms with Crippen LogP contribution < -0.4 is 16.4 Å². The smallest absolute Gasteiger partial charge is 0.155 e. The Labute approximate surface area is 145 Å². The van der Waals surface area contributed by atoms with Gasteiger partial charge in [0.25, 0.3) is 0 Å². The van der Waals surface area contributed by atoms with Crippen LogP contribution in [0.5, 0.6) is 0 Å². The third kappa shape index (κ3) is 4.97. The molecule has 6 nitrogen and oxygen atoms in total. The Morgan fingerprint density at radius 3 is 2.38 bits per heavy atom. The fraction of sp³-hybridized carbons (Fsp3) is 0.778. The molecule has 1 aliphatic carbocycles. The summed E-state index contributed by atoms with van der Waals surface area (Å²) in [6.45, 7) is 4.36.